The number of anilines is 1. The zero-order valence-electron chi connectivity index (χ0n) is 17.5. The Labute approximate surface area is 189 Å². The molecule has 8 nitrogen and oxygen atoms in total. The number of nitrogens with one attached hydrogen (secondary N) is 1. The first-order valence-electron chi connectivity index (χ1n) is 9.87. The average Bonchev–Trinajstić information content (AvgIpc) is 3.02. The number of carbonyl (C=O) groups is 4. The highest BCUT2D eigenvalue weighted by molar-refractivity contribution is 7.99. The molecule has 0 spiro atoms. The number of imide groups is 1. The Hall–Kier alpha value is -3.64. The number of para-hydroxylation sites is 1. The molecule has 0 unspecified atom stereocenters. The summed E-state index contributed by atoms with van der Waals surface area (Å²) in [6, 6.07) is 14.2. The molecule has 164 valence electrons. The molecule has 32 heavy (non-hydrogen) atoms. The van der Waals surface area contributed by atoms with E-state index in [1.165, 1.54) is 23.9 Å². The number of nitriles is 1. The van der Waals surface area contributed by atoms with Crippen molar-refractivity contribution >= 4 is 41.1 Å². The van der Waals surface area contributed by atoms with E-state index in [0.717, 1.165) is 4.90 Å². The molecular weight excluding hydrogens is 430 g/mol. The van der Waals surface area contributed by atoms with Crippen LogP contribution in [-0.4, -0.2) is 47.0 Å². The Morgan fingerprint density at radius 2 is 1.66 bits per heavy atom. The summed E-state index contributed by atoms with van der Waals surface area (Å²) in [6.45, 7) is 2.80. The molecule has 1 N–H and O–H groups in total. The SMILES string of the molecule is CC(C)[C@@H](C(=O)OCC(=O)Nc1ccccc1SCC#N)N1C(=O)c2ccccc2C1=O. The largest absolute Gasteiger partial charge is 0.454 e. The summed E-state index contributed by atoms with van der Waals surface area (Å²) in [5.41, 5.74) is 0.967. The van der Waals surface area contributed by atoms with E-state index in [1.807, 2.05) is 6.07 Å². The summed E-state index contributed by atoms with van der Waals surface area (Å²) in [5, 5.41) is 11.4. The Morgan fingerprint density at radius 3 is 2.25 bits per heavy atom. The standard InChI is InChI=1S/C23H21N3O5S/c1-14(2)20(26-21(28)15-7-3-4-8-16(15)22(26)29)23(30)31-13-19(27)25-17-9-5-6-10-18(17)32-12-11-24/h3-10,14,20H,12-13H2,1-2H3,(H,25,27)/t20-/m0/s1. The van der Waals surface area contributed by atoms with E-state index >= 15 is 0 Å². The minimum absolute atomic E-state index is 0.220. The van der Waals surface area contributed by atoms with Gasteiger partial charge in [0.05, 0.1) is 28.6 Å². The molecule has 3 amide bonds. The molecule has 0 fully saturated rings. The van der Waals surface area contributed by atoms with Crippen LogP contribution in [0.15, 0.2) is 53.4 Å². The molecule has 3 rings (SSSR count). The lowest BCUT2D eigenvalue weighted by Crippen LogP contribution is -2.49. The van der Waals surface area contributed by atoms with E-state index in [1.54, 1.807) is 50.2 Å². The quantitative estimate of drug-likeness (QED) is 0.372. The maximum Gasteiger partial charge on any atom is 0.330 e. The second-order valence-electron chi connectivity index (χ2n) is 7.31. The number of nitrogens with zero attached hydrogens (tertiary/aromatic N) is 2. The number of fused-ring (bicyclic) bond motifs is 1. The topological polar surface area (TPSA) is 117 Å². The minimum Gasteiger partial charge on any atom is -0.454 e. The maximum absolute atomic E-state index is 12.8. The lowest BCUT2D eigenvalue weighted by molar-refractivity contribution is -0.152. The van der Waals surface area contributed by atoms with Crippen molar-refractivity contribution in [2.45, 2.75) is 24.8 Å². The van der Waals surface area contributed by atoms with Gasteiger partial charge in [-0.05, 0) is 30.2 Å². The second kappa shape index (κ2) is 10.1. The zero-order valence-corrected chi connectivity index (χ0v) is 18.3. The highest BCUT2D eigenvalue weighted by Gasteiger charge is 2.44. The predicted molar refractivity (Wildman–Crippen MR) is 118 cm³/mol. The van der Waals surface area contributed by atoms with E-state index in [-0.39, 0.29) is 16.9 Å². The summed E-state index contributed by atoms with van der Waals surface area (Å²) in [7, 11) is 0. The number of rotatable bonds is 8. The number of ether oxygens (including phenoxy) is 1. The van der Waals surface area contributed by atoms with Crippen LogP contribution in [0.3, 0.4) is 0 Å². The highest BCUT2D eigenvalue weighted by atomic mass is 32.2. The number of hydrogen-bond acceptors (Lipinski definition) is 7. The van der Waals surface area contributed by atoms with Gasteiger partial charge in [0.2, 0.25) is 0 Å². The van der Waals surface area contributed by atoms with Crippen molar-refractivity contribution in [3.63, 3.8) is 0 Å². The summed E-state index contributed by atoms with van der Waals surface area (Å²) < 4.78 is 5.17. The van der Waals surface area contributed by atoms with Crippen LogP contribution in [0.2, 0.25) is 0 Å². The third-order valence-electron chi connectivity index (χ3n) is 4.78. The molecule has 2 aromatic rings. The van der Waals surface area contributed by atoms with E-state index in [0.29, 0.717) is 10.6 Å². The van der Waals surface area contributed by atoms with Gasteiger partial charge in [0.1, 0.15) is 6.04 Å². The third-order valence-corrected chi connectivity index (χ3v) is 5.72. The summed E-state index contributed by atoms with van der Waals surface area (Å²) in [4.78, 5) is 52.3. The van der Waals surface area contributed by atoms with Crippen LogP contribution in [-0.2, 0) is 14.3 Å². The van der Waals surface area contributed by atoms with Crippen molar-refractivity contribution < 1.29 is 23.9 Å². The fourth-order valence-corrected chi connectivity index (χ4v) is 4.02. The van der Waals surface area contributed by atoms with Gasteiger partial charge >= 0.3 is 5.97 Å². The van der Waals surface area contributed by atoms with Crippen molar-refractivity contribution in [1.29, 1.82) is 5.26 Å². The number of thioether (sulfide) groups is 1. The fourth-order valence-electron chi connectivity index (χ4n) is 3.35. The summed E-state index contributed by atoms with van der Waals surface area (Å²) in [6.07, 6.45) is 0. The molecule has 1 aliphatic rings. The van der Waals surface area contributed by atoms with Gasteiger partial charge < -0.3 is 10.1 Å². The first-order chi connectivity index (χ1) is 15.3. The van der Waals surface area contributed by atoms with Crippen LogP contribution in [0.1, 0.15) is 34.6 Å². The molecule has 9 heteroatoms. The second-order valence-corrected chi connectivity index (χ2v) is 8.33. The molecule has 1 atom stereocenters. The van der Waals surface area contributed by atoms with Crippen LogP contribution in [0, 0.1) is 17.2 Å². The number of esters is 1. The van der Waals surface area contributed by atoms with E-state index in [2.05, 4.69) is 5.32 Å². The number of benzene rings is 2. The first-order valence-corrected chi connectivity index (χ1v) is 10.9. The Kier molecular flexibility index (Phi) is 7.28. The average molecular weight is 452 g/mol. The van der Waals surface area contributed by atoms with Crippen molar-refractivity contribution in [1.82, 2.24) is 4.90 Å². The van der Waals surface area contributed by atoms with Gasteiger partial charge in [-0.25, -0.2) is 4.79 Å². The van der Waals surface area contributed by atoms with Crippen LogP contribution in [0.25, 0.3) is 0 Å². The van der Waals surface area contributed by atoms with Gasteiger partial charge in [-0.2, -0.15) is 5.26 Å². The number of amides is 3. The van der Waals surface area contributed by atoms with Gasteiger partial charge in [-0.15, -0.1) is 11.8 Å². The number of hydrogen-bond donors (Lipinski definition) is 1. The molecule has 1 heterocycles. The van der Waals surface area contributed by atoms with Gasteiger partial charge in [0.15, 0.2) is 6.61 Å². The van der Waals surface area contributed by atoms with Gasteiger partial charge in [0.25, 0.3) is 17.7 Å². The van der Waals surface area contributed by atoms with E-state index < -0.39 is 42.3 Å². The van der Waals surface area contributed by atoms with Crippen LogP contribution < -0.4 is 5.32 Å². The smallest absolute Gasteiger partial charge is 0.330 e. The molecule has 1 aliphatic heterocycles. The molecule has 0 aromatic heterocycles. The van der Waals surface area contributed by atoms with Crippen molar-refractivity contribution in [2.24, 2.45) is 5.92 Å². The molecule has 0 radical (unpaired) electrons. The van der Waals surface area contributed by atoms with E-state index in [9.17, 15) is 19.2 Å². The lowest BCUT2D eigenvalue weighted by atomic mass is 10.0. The normalized spacial score (nSPS) is 13.5. The summed E-state index contributed by atoms with van der Waals surface area (Å²) >= 11 is 1.27. The third kappa shape index (κ3) is 4.81. The van der Waals surface area contributed by atoms with Crippen LogP contribution in [0.5, 0.6) is 0 Å². The van der Waals surface area contributed by atoms with Crippen LogP contribution >= 0.6 is 11.8 Å². The first kappa shape index (κ1) is 23.0. The van der Waals surface area contributed by atoms with Gasteiger partial charge in [0, 0.05) is 4.90 Å². The fraction of sp³-hybridized carbons (Fsp3) is 0.261. The highest BCUT2D eigenvalue weighted by Crippen LogP contribution is 2.28. The van der Waals surface area contributed by atoms with Crippen molar-refractivity contribution in [3.8, 4) is 6.07 Å². The monoisotopic (exact) mass is 451 g/mol. The maximum atomic E-state index is 12.8. The van der Waals surface area contributed by atoms with Gasteiger partial charge in [-0.1, -0.05) is 38.1 Å². The Bertz CT molecular complexity index is 1070. The predicted octanol–water partition coefficient (Wildman–Crippen LogP) is 3.10. The number of carbonyl (C=O) groups excluding carboxylic acids is 4. The minimum atomic E-state index is -1.16. The van der Waals surface area contributed by atoms with Gasteiger partial charge in [-0.3, -0.25) is 19.3 Å². The zero-order chi connectivity index (χ0) is 23.3. The summed E-state index contributed by atoms with van der Waals surface area (Å²) in [5.74, 6) is -2.73. The molecular formula is C23H21N3O5S. The molecule has 0 bridgehead atoms. The van der Waals surface area contributed by atoms with E-state index in [4.69, 9.17) is 10.00 Å². The Balaban J connectivity index is 1.67. The molecule has 0 saturated carbocycles. The van der Waals surface area contributed by atoms with Crippen molar-refractivity contribution in [3.05, 3.63) is 59.7 Å². The van der Waals surface area contributed by atoms with Crippen LogP contribution in [0.4, 0.5) is 5.69 Å². The molecule has 0 saturated heterocycles. The molecule has 0 aliphatic carbocycles. The Morgan fingerprint density at radius 1 is 1.06 bits per heavy atom. The van der Waals surface area contributed by atoms with Crippen molar-refractivity contribution in [2.75, 3.05) is 17.7 Å². The lowest BCUT2D eigenvalue weighted by Gasteiger charge is -2.27. The molecule has 2 aromatic carbocycles.